The summed E-state index contributed by atoms with van der Waals surface area (Å²) in [4.78, 5) is 1.24. The second-order valence-corrected chi connectivity index (χ2v) is 4.38. The highest BCUT2D eigenvalue weighted by atomic mass is 32.1. The van der Waals surface area contributed by atoms with E-state index in [-0.39, 0.29) is 0 Å². The Kier molecular flexibility index (Phi) is 3.08. The van der Waals surface area contributed by atoms with Crippen molar-refractivity contribution < 1.29 is 0 Å². The molecule has 0 radical (unpaired) electrons. The molecule has 0 saturated carbocycles. The molecule has 80 valence electrons. The van der Waals surface area contributed by atoms with E-state index in [2.05, 4.69) is 17.5 Å². The van der Waals surface area contributed by atoms with Gasteiger partial charge >= 0.3 is 0 Å². The van der Waals surface area contributed by atoms with E-state index in [9.17, 15) is 0 Å². The number of hydrogen-bond donors (Lipinski definition) is 2. The van der Waals surface area contributed by atoms with E-state index in [4.69, 9.17) is 11.0 Å². The van der Waals surface area contributed by atoms with E-state index in [1.165, 1.54) is 4.88 Å². The molecule has 3 nitrogen and oxygen atoms in total. The van der Waals surface area contributed by atoms with E-state index in [0.717, 1.165) is 12.2 Å². The number of nitrogens with zero attached hydrogens (tertiary/aromatic N) is 1. The average Bonchev–Trinajstić information content (AvgIpc) is 2.80. The van der Waals surface area contributed by atoms with Crippen LogP contribution < -0.4 is 11.1 Å². The van der Waals surface area contributed by atoms with Crippen LogP contribution in [0, 0.1) is 11.3 Å². The second kappa shape index (κ2) is 4.69. The highest BCUT2D eigenvalue weighted by Gasteiger charge is 2.02. The summed E-state index contributed by atoms with van der Waals surface area (Å²) in [6.07, 6.45) is 0. The standard InChI is InChI=1S/C12H11N3S/c13-7-9-6-10(14)3-4-12(9)15-8-11-2-1-5-16-11/h1-6,15H,8,14H2. The molecule has 0 aliphatic carbocycles. The van der Waals surface area contributed by atoms with Crippen LogP contribution in [0.5, 0.6) is 0 Å². The number of nitrogen functional groups attached to an aromatic ring is 1. The Labute approximate surface area is 98.1 Å². The zero-order valence-electron chi connectivity index (χ0n) is 8.60. The predicted molar refractivity (Wildman–Crippen MR) is 67.2 cm³/mol. The summed E-state index contributed by atoms with van der Waals surface area (Å²) in [5, 5.41) is 14.2. The van der Waals surface area contributed by atoms with Gasteiger partial charge in [-0.15, -0.1) is 11.3 Å². The molecule has 0 saturated heterocycles. The van der Waals surface area contributed by atoms with Gasteiger partial charge in [0.25, 0.3) is 0 Å². The Morgan fingerprint density at radius 3 is 2.94 bits per heavy atom. The molecule has 0 spiro atoms. The smallest absolute Gasteiger partial charge is 0.101 e. The van der Waals surface area contributed by atoms with Gasteiger partial charge in [0.15, 0.2) is 0 Å². The average molecular weight is 229 g/mol. The van der Waals surface area contributed by atoms with Crippen molar-refractivity contribution in [2.24, 2.45) is 0 Å². The van der Waals surface area contributed by atoms with Gasteiger partial charge in [0, 0.05) is 17.1 Å². The molecule has 16 heavy (non-hydrogen) atoms. The Bertz CT molecular complexity index is 512. The number of anilines is 2. The minimum Gasteiger partial charge on any atom is -0.399 e. The summed E-state index contributed by atoms with van der Waals surface area (Å²) in [6, 6.07) is 11.5. The van der Waals surface area contributed by atoms with Gasteiger partial charge in [-0.3, -0.25) is 0 Å². The van der Waals surface area contributed by atoms with E-state index < -0.39 is 0 Å². The van der Waals surface area contributed by atoms with Crippen LogP contribution in [-0.4, -0.2) is 0 Å². The molecular formula is C12H11N3S. The lowest BCUT2D eigenvalue weighted by atomic mass is 10.1. The predicted octanol–water partition coefficient (Wildman–Crippen LogP) is 2.81. The molecule has 0 aliphatic heterocycles. The zero-order valence-corrected chi connectivity index (χ0v) is 9.42. The first-order valence-electron chi connectivity index (χ1n) is 4.85. The summed E-state index contributed by atoms with van der Waals surface area (Å²) < 4.78 is 0. The minimum absolute atomic E-state index is 0.580. The van der Waals surface area contributed by atoms with Crippen molar-refractivity contribution in [3.05, 3.63) is 46.2 Å². The fraction of sp³-hybridized carbons (Fsp3) is 0.0833. The van der Waals surface area contributed by atoms with Gasteiger partial charge in [-0.2, -0.15) is 5.26 Å². The molecule has 0 bridgehead atoms. The number of nitrogens with two attached hydrogens (primary N) is 1. The maximum Gasteiger partial charge on any atom is 0.101 e. The highest BCUT2D eigenvalue weighted by Crippen LogP contribution is 2.19. The van der Waals surface area contributed by atoms with Crippen molar-refractivity contribution >= 4 is 22.7 Å². The molecule has 0 unspecified atom stereocenters. The number of nitriles is 1. The van der Waals surface area contributed by atoms with Crippen molar-refractivity contribution in [2.75, 3.05) is 11.1 Å². The maximum absolute atomic E-state index is 8.96. The van der Waals surface area contributed by atoms with Crippen molar-refractivity contribution in [1.29, 1.82) is 5.26 Å². The summed E-state index contributed by atoms with van der Waals surface area (Å²) in [6.45, 7) is 0.732. The van der Waals surface area contributed by atoms with Crippen LogP contribution in [0.15, 0.2) is 35.7 Å². The first-order chi connectivity index (χ1) is 7.79. The lowest BCUT2D eigenvalue weighted by Gasteiger charge is -2.07. The third kappa shape index (κ3) is 2.33. The van der Waals surface area contributed by atoms with Gasteiger partial charge in [-0.05, 0) is 29.6 Å². The topological polar surface area (TPSA) is 61.8 Å². The van der Waals surface area contributed by atoms with Crippen molar-refractivity contribution in [3.63, 3.8) is 0 Å². The lowest BCUT2D eigenvalue weighted by Crippen LogP contribution is -2.00. The van der Waals surface area contributed by atoms with Crippen molar-refractivity contribution in [1.82, 2.24) is 0 Å². The molecule has 1 heterocycles. The third-order valence-corrected chi connectivity index (χ3v) is 3.07. The molecular weight excluding hydrogens is 218 g/mol. The van der Waals surface area contributed by atoms with E-state index in [1.807, 2.05) is 17.5 Å². The number of thiophene rings is 1. The molecule has 1 aromatic heterocycles. The summed E-state index contributed by atoms with van der Waals surface area (Å²) >= 11 is 1.69. The van der Waals surface area contributed by atoms with Gasteiger partial charge in [-0.25, -0.2) is 0 Å². The SMILES string of the molecule is N#Cc1cc(N)ccc1NCc1cccs1. The van der Waals surface area contributed by atoms with Crippen LogP contribution in [0.3, 0.4) is 0 Å². The van der Waals surface area contributed by atoms with Gasteiger partial charge in [0.2, 0.25) is 0 Å². The van der Waals surface area contributed by atoms with Gasteiger partial charge < -0.3 is 11.1 Å². The van der Waals surface area contributed by atoms with E-state index in [1.54, 1.807) is 23.5 Å². The largest absolute Gasteiger partial charge is 0.399 e. The van der Waals surface area contributed by atoms with Crippen LogP contribution in [0.4, 0.5) is 11.4 Å². The number of nitrogens with one attached hydrogen (secondary N) is 1. The Morgan fingerprint density at radius 1 is 1.38 bits per heavy atom. The van der Waals surface area contributed by atoms with Crippen molar-refractivity contribution in [3.8, 4) is 6.07 Å². The maximum atomic E-state index is 8.96. The second-order valence-electron chi connectivity index (χ2n) is 3.35. The van der Waals surface area contributed by atoms with E-state index >= 15 is 0 Å². The molecule has 0 amide bonds. The summed E-state index contributed by atoms with van der Waals surface area (Å²) in [5.74, 6) is 0. The summed E-state index contributed by atoms with van der Waals surface area (Å²) in [7, 11) is 0. The molecule has 0 aliphatic rings. The Hall–Kier alpha value is -1.99. The van der Waals surface area contributed by atoms with Gasteiger partial charge in [0.1, 0.15) is 6.07 Å². The normalized spacial score (nSPS) is 9.69. The first kappa shape index (κ1) is 10.5. The molecule has 0 atom stereocenters. The number of benzene rings is 1. The third-order valence-electron chi connectivity index (χ3n) is 2.20. The summed E-state index contributed by atoms with van der Waals surface area (Å²) in [5.41, 5.74) is 7.63. The van der Waals surface area contributed by atoms with Crippen LogP contribution >= 0.6 is 11.3 Å². The Morgan fingerprint density at radius 2 is 2.25 bits per heavy atom. The number of rotatable bonds is 3. The lowest BCUT2D eigenvalue weighted by molar-refractivity contribution is 1.19. The first-order valence-corrected chi connectivity index (χ1v) is 5.73. The fourth-order valence-electron chi connectivity index (χ4n) is 1.40. The molecule has 2 rings (SSSR count). The Balaban J connectivity index is 2.13. The highest BCUT2D eigenvalue weighted by molar-refractivity contribution is 7.09. The fourth-order valence-corrected chi connectivity index (χ4v) is 2.05. The molecule has 2 aromatic rings. The number of hydrogen-bond acceptors (Lipinski definition) is 4. The molecule has 4 heteroatoms. The van der Waals surface area contributed by atoms with Crippen LogP contribution in [-0.2, 0) is 6.54 Å². The van der Waals surface area contributed by atoms with E-state index in [0.29, 0.717) is 11.3 Å². The molecule has 1 aromatic carbocycles. The quantitative estimate of drug-likeness (QED) is 0.795. The molecule has 0 fully saturated rings. The van der Waals surface area contributed by atoms with Crippen LogP contribution in [0.2, 0.25) is 0 Å². The van der Waals surface area contributed by atoms with Crippen LogP contribution in [0.1, 0.15) is 10.4 Å². The van der Waals surface area contributed by atoms with Gasteiger partial charge in [0.05, 0.1) is 11.3 Å². The van der Waals surface area contributed by atoms with Gasteiger partial charge in [-0.1, -0.05) is 6.07 Å². The molecule has 3 N–H and O–H groups in total. The van der Waals surface area contributed by atoms with Crippen molar-refractivity contribution in [2.45, 2.75) is 6.54 Å². The minimum atomic E-state index is 0.580. The monoisotopic (exact) mass is 229 g/mol. The zero-order chi connectivity index (χ0) is 11.4. The van der Waals surface area contributed by atoms with Crippen LogP contribution in [0.25, 0.3) is 0 Å².